The van der Waals surface area contributed by atoms with E-state index in [0.717, 1.165) is 21.8 Å². The molecule has 0 bridgehead atoms. The molecule has 2 heterocycles. The van der Waals surface area contributed by atoms with Gasteiger partial charge in [-0.15, -0.1) is 11.3 Å². The lowest BCUT2D eigenvalue weighted by Crippen LogP contribution is -2.32. The summed E-state index contributed by atoms with van der Waals surface area (Å²) in [4.78, 5) is 17.0. The number of benzene rings is 1. The van der Waals surface area contributed by atoms with Crippen LogP contribution in [0.15, 0.2) is 52.5 Å². The molecule has 0 radical (unpaired) electrons. The Labute approximate surface area is 150 Å². The molecule has 3 nitrogen and oxygen atoms in total. The highest BCUT2D eigenvalue weighted by molar-refractivity contribution is 7.14. The predicted molar refractivity (Wildman–Crippen MR) is 101 cm³/mol. The summed E-state index contributed by atoms with van der Waals surface area (Å²) in [6.07, 6.45) is 0.316. The molecule has 0 saturated heterocycles. The standard InChI is InChI=1S/C19H20N2OS2/c1-13(2)18(14-6-4-3-5-7-14)21-17(22)10-16-12-24-19(20-16)15-8-9-23-11-15/h3-9,11-13,18H,10H2,1-2H3,(H,21,22). The van der Waals surface area contributed by atoms with E-state index in [1.807, 2.05) is 29.0 Å². The van der Waals surface area contributed by atoms with E-state index in [9.17, 15) is 4.79 Å². The summed E-state index contributed by atoms with van der Waals surface area (Å²) in [5.74, 6) is 0.341. The number of carbonyl (C=O) groups is 1. The maximum absolute atomic E-state index is 12.5. The van der Waals surface area contributed by atoms with Gasteiger partial charge in [0.25, 0.3) is 0 Å². The first-order valence-electron chi connectivity index (χ1n) is 7.95. The zero-order chi connectivity index (χ0) is 16.9. The maximum atomic E-state index is 12.5. The van der Waals surface area contributed by atoms with Gasteiger partial charge in [0.2, 0.25) is 5.91 Å². The van der Waals surface area contributed by atoms with Crippen molar-refractivity contribution in [3.63, 3.8) is 0 Å². The summed E-state index contributed by atoms with van der Waals surface area (Å²) < 4.78 is 0. The molecule has 0 saturated carbocycles. The summed E-state index contributed by atoms with van der Waals surface area (Å²) in [7, 11) is 0. The van der Waals surface area contributed by atoms with Gasteiger partial charge in [0.05, 0.1) is 18.2 Å². The molecule has 1 N–H and O–H groups in total. The Hall–Kier alpha value is -1.98. The van der Waals surface area contributed by atoms with Crippen molar-refractivity contribution >= 4 is 28.6 Å². The van der Waals surface area contributed by atoms with Crippen LogP contribution in [0.1, 0.15) is 31.1 Å². The second-order valence-corrected chi connectivity index (χ2v) is 7.67. The van der Waals surface area contributed by atoms with Crippen LogP contribution in [0, 0.1) is 5.92 Å². The van der Waals surface area contributed by atoms with Crippen molar-refractivity contribution in [2.45, 2.75) is 26.3 Å². The van der Waals surface area contributed by atoms with Crippen LogP contribution in [0.25, 0.3) is 10.6 Å². The number of nitrogens with zero attached hydrogens (tertiary/aromatic N) is 1. The minimum Gasteiger partial charge on any atom is -0.349 e. The largest absolute Gasteiger partial charge is 0.349 e. The highest BCUT2D eigenvalue weighted by Crippen LogP contribution is 2.26. The molecule has 1 unspecified atom stereocenters. The van der Waals surface area contributed by atoms with Gasteiger partial charge >= 0.3 is 0 Å². The molecule has 0 fully saturated rings. The van der Waals surface area contributed by atoms with Crippen molar-refractivity contribution in [1.82, 2.24) is 10.3 Å². The average molecular weight is 357 g/mol. The third kappa shape index (κ3) is 4.10. The Morgan fingerprint density at radius 3 is 2.62 bits per heavy atom. The fraction of sp³-hybridized carbons (Fsp3) is 0.263. The number of nitrogens with one attached hydrogen (secondary N) is 1. The number of amides is 1. The summed E-state index contributed by atoms with van der Waals surface area (Å²) in [6, 6.07) is 12.2. The lowest BCUT2D eigenvalue weighted by atomic mass is 9.96. The molecular weight excluding hydrogens is 336 g/mol. The fourth-order valence-corrected chi connectivity index (χ4v) is 4.12. The second kappa shape index (κ2) is 7.73. The first kappa shape index (κ1) is 16.9. The molecule has 0 aliphatic heterocycles. The Kier molecular flexibility index (Phi) is 5.43. The molecular formula is C19H20N2OS2. The molecule has 5 heteroatoms. The van der Waals surface area contributed by atoms with E-state index in [1.54, 1.807) is 22.7 Å². The van der Waals surface area contributed by atoms with Gasteiger partial charge in [-0.25, -0.2) is 4.98 Å². The first-order chi connectivity index (χ1) is 11.6. The van der Waals surface area contributed by atoms with E-state index in [-0.39, 0.29) is 11.9 Å². The molecule has 0 aliphatic rings. The van der Waals surface area contributed by atoms with Crippen LogP contribution in [0.4, 0.5) is 0 Å². The third-order valence-corrected chi connectivity index (χ3v) is 5.43. The molecule has 0 aliphatic carbocycles. The van der Waals surface area contributed by atoms with Crippen molar-refractivity contribution in [2.75, 3.05) is 0 Å². The van der Waals surface area contributed by atoms with Crippen LogP contribution < -0.4 is 5.32 Å². The second-order valence-electron chi connectivity index (χ2n) is 6.03. The van der Waals surface area contributed by atoms with Gasteiger partial charge in [-0.1, -0.05) is 44.2 Å². The third-order valence-electron chi connectivity index (χ3n) is 3.80. The van der Waals surface area contributed by atoms with E-state index < -0.39 is 0 Å². The van der Waals surface area contributed by atoms with Gasteiger partial charge in [0.1, 0.15) is 5.01 Å². The lowest BCUT2D eigenvalue weighted by molar-refractivity contribution is -0.121. The van der Waals surface area contributed by atoms with E-state index in [1.165, 1.54) is 0 Å². The zero-order valence-corrected chi connectivity index (χ0v) is 15.4. The number of thiazole rings is 1. The number of rotatable bonds is 6. The maximum Gasteiger partial charge on any atom is 0.226 e. The normalized spacial score (nSPS) is 12.3. The van der Waals surface area contributed by atoms with Crippen LogP contribution in [0.3, 0.4) is 0 Å². The summed E-state index contributed by atoms with van der Waals surface area (Å²) in [5.41, 5.74) is 3.09. The Morgan fingerprint density at radius 1 is 1.17 bits per heavy atom. The zero-order valence-electron chi connectivity index (χ0n) is 13.7. The Balaban J connectivity index is 1.66. The van der Waals surface area contributed by atoms with E-state index in [0.29, 0.717) is 12.3 Å². The first-order valence-corrected chi connectivity index (χ1v) is 9.77. The molecule has 1 amide bonds. The van der Waals surface area contributed by atoms with Crippen LogP contribution in [0.5, 0.6) is 0 Å². The topological polar surface area (TPSA) is 42.0 Å². The summed E-state index contributed by atoms with van der Waals surface area (Å²) >= 11 is 3.24. The van der Waals surface area contributed by atoms with Crippen LogP contribution in [-0.2, 0) is 11.2 Å². The number of hydrogen-bond donors (Lipinski definition) is 1. The van der Waals surface area contributed by atoms with Crippen molar-refractivity contribution in [3.8, 4) is 10.6 Å². The molecule has 3 rings (SSSR count). The average Bonchev–Trinajstić information content (AvgIpc) is 3.24. The van der Waals surface area contributed by atoms with Gasteiger partial charge in [-0.3, -0.25) is 4.79 Å². The molecule has 3 aromatic rings. The molecule has 0 spiro atoms. The van der Waals surface area contributed by atoms with E-state index >= 15 is 0 Å². The Bertz CT molecular complexity index is 779. The number of carbonyl (C=O) groups excluding carboxylic acids is 1. The summed E-state index contributed by atoms with van der Waals surface area (Å²) in [5, 5.41) is 10.2. The number of thiophene rings is 1. The van der Waals surface area contributed by atoms with Gasteiger partial charge in [0, 0.05) is 16.3 Å². The highest BCUT2D eigenvalue weighted by Gasteiger charge is 2.19. The Morgan fingerprint density at radius 2 is 1.96 bits per heavy atom. The van der Waals surface area contributed by atoms with Gasteiger partial charge in [0.15, 0.2) is 0 Å². The quantitative estimate of drug-likeness (QED) is 0.680. The molecule has 24 heavy (non-hydrogen) atoms. The minimum absolute atomic E-state index is 0.0136. The number of hydrogen-bond acceptors (Lipinski definition) is 4. The number of aromatic nitrogens is 1. The highest BCUT2D eigenvalue weighted by atomic mass is 32.1. The van der Waals surface area contributed by atoms with Gasteiger partial charge in [-0.05, 0) is 22.9 Å². The SMILES string of the molecule is CC(C)C(NC(=O)Cc1csc(-c2ccsc2)n1)c1ccccc1. The van der Waals surface area contributed by atoms with Crippen molar-refractivity contribution in [3.05, 3.63) is 63.8 Å². The van der Waals surface area contributed by atoms with Crippen molar-refractivity contribution in [1.29, 1.82) is 0 Å². The predicted octanol–water partition coefficient (Wildman–Crippen LogP) is 4.93. The van der Waals surface area contributed by atoms with E-state index in [2.05, 4.69) is 47.7 Å². The molecule has 1 aromatic carbocycles. The van der Waals surface area contributed by atoms with E-state index in [4.69, 9.17) is 0 Å². The molecule has 1 atom stereocenters. The lowest BCUT2D eigenvalue weighted by Gasteiger charge is -2.22. The van der Waals surface area contributed by atoms with Crippen molar-refractivity contribution in [2.24, 2.45) is 5.92 Å². The summed E-state index contributed by atoms with van der Waals surface area (Å²) in [6.45, 7) is 4.24. The van der Waals surface area contributed by atoms with Crippen LogP contribution >= 0.6 is 22.7 Å². The fourth-order valence-electron chi connectivity index (χ4n) is 2.59. The van der Waals surface area contributed by atoms with Gasteiger partial charge < -0.3 is 5.32 Å². The van der Waals surface area contributed by atoms with Crippen LogP contribution in [-0.4, -0.2) is 10.9 Å². The smallest absolute Gasteiger partial charge is 0.226 e. The van der Waals surface area contributed by atoms with Crippen LogP contribution in [0.2, 0.25) is 0 Å². The molecule has 2 aromatic heterocycles. The monoisotopic (exact) mass is 356 g/mol. The van der Waals surface area contributed by atoms with Crippen molar-refractivity contribution < 1.29 is 4.79 Å². The van der Waals surface area contributed by atoms with Gasteiger partial charge in [-0.2, -0.15) is 11.3 Å². The minimum atomic E-state index is 0.0136. The molecule has 124 valence electrons.